The molecule has 3 nitrogen and oxygen atoms in total. The fraction of sp³-hybridized carbons (Fsp3) is 0.500. The van der Waals surface area contributed by atoms with Crippen LogP contribution in [0.25, 0.3) is 11.0 Å². The molecule has 22 heavy (non-hydrogen) atoms. The van der Waals surface area contributed by atoms with Crippen LogP contribution in [0.1, 0.15) is 26.3 Å². The van der Waals surface area contributed by atoms with Crippen LogP contribution in [0.3, 0.4) is 0 Å². The van der Waals surface area contributed by atoms with E-state index >= 15 is 0 Å². The number of fused-ring (bicyclic) bond motifs is 1. The second-order valence-corrected chi connectivity index (χ2v) is 9.46. The molecule has 1 radical (unpaired) electrons. The molecule has 2 aromatic rings. The van der Waals surface area contributed by atoms with E-state index in [4.69, 9.17) is 25.2 Å². The lowest BCUT2D eigenvalue weighted by Crippen LogP contribution is -2.14. The minimum Gasteiger partial charge on any atom is -0.542 e. The molecule has 0 spiro atoms. The first-order chi connectivity index (χ1) is 10.2. The van der Waals surface area contributed by atoms with Crippen molar-refractivity contribution in [3.8, 4) is 11.5 Å². The van der Waals surface area contributed by atoms with E-state index in [1.807, 2.05) is 12.1 Å². The standard InChI is InChI=1S/C16H21BrClO3Si/c1-16(2,3)14-13-11(20-15(14)17)8-10(19-7-6-18)9-12(13)21-22(4)5/h8-9H,6-7H2,1-5H3. The van der Waals surface area contributed by atoms with Crippen LogP contribution in [-0.4, -0.2) is 21.5 Å². The predicted octanol–water partition coefficient (Wildman–Crippen LogP) is 5.74. The van der Waals surface area contributed by atoms with Crippen molar-refractivity contribution in [3.63, 3.8) is 0 Å². The van der Waals surface area contributed by atoms with E-state index in [0.29, 0.717) is 18.2 Å². The first-order valence-electron chi connectivity index (χ1n) is 7.17. The molecule has 0 fully saturated rings. The average molecular weight is 405 g/mol. The Morgan fingerprint density at radius 3 is 2.50 bits per heavy atom. The normalized spacial score (nSPS) is 12.2. The monoisotopic (exact) mass is 403 g/mol. The van der Waals surface area contributed by atoms with Crippen LogP contribution in [0, 0.1) is 0 Å². The molecule has 2 rings (SSSR count). The predicted molar refractivity (Wildman–Crippen MR) is 96.9 cm³/mol. The van der Waals surface area contributed by atoms with Gasteiger partial charge in [0.05, 0.1) is 11.3 Å². The third-order valence-corrected chi connectivity index (χ3v) is 4.44. The minimum atomic E-state index is -0.905. The zero-order chi connectivity index (χ0) is 16.5. The van der Waals surface area contributed by atoms with Crippen molar-refractivity contribution in [3.05, 3.63) is 22.4 Å². The van der Waals surface area contributed by atoms with E-state index in [0.717, 1.165) is 27.0 Å². The van der Waals surface area contributed by atoms with Crippen LogP contribution in [0.2, 0.25) is 13.1 Å². The van der Waals surface area contributed by atoms with Crippen LogP contribution >= 0.6 is 27.5 Å². The summed E-state index contributed by atoms with van der Waals surface area (Å²) in [5, 5.41) is 1.02. The van der Waals surface area contributed by atoms with Gasteiger partial charge in [-0.1, -0.05) is 20.8 Å². The van der Waals surface area contributed by atoms with Gasteiger partial charge in [-0.15, -0.1) is 11.6 Å². The highest BCUT2D eigenvalue weighted by Gasteiger charge is 2.27. The largest absolute Gasteiger partial charge is 0.542 e. The lowest BCUT2D eigenvalue weighted by molar-refractivity contribution is 0.341. The van der Waals surface area contributed by atoms with Crippen LogP contribution in [-0.2, 0) is 5.41 Å². The Morgan fingerprint density at radius 2 is 1.95 bits per heavy atom. The Labute approximate surface area is 146 Å². The lowest BCUT2D eigenvalue weighted by atomic mass is 9.86. The second-order valence-electron chi connectivity index (χ2n) is 6.34. The van der Waals surface area contributed by atoms with Gasteiger partial charge in [0, 0.05) is 17.7 Å². The summed E-state index contributed by atoms with van der Waals surface area (Å²) in [6.07, 6.45) is 0. The molecular formula is C16H21BrClO3Si. The Hall–Kier alpha value is -0.653. The Kier molecular flexibility index (Phi) is 5.51. The van der Waals surface area contributed by atoms with Crippen LogP contribution < -0.4 is 9.16 Å². The van der Waals surface area contributed by atoms with Gasteiger partial charge in [0.25, 0.3) is 9.04 Å². The number of hydrogen-bond acceptors (Lipinski definition) is 3. The fourth-order valence-corrected chi connectivity index (χ4v) is 3.99. The van der Waals surface area contributed by atoms with E-state index in [1.165, 1.54) is 0 Å². The number of rotatable bonds is 5. The molecule has 0 atom stereocenters. The SMILES string of the molecule is C[Si](C)Oc1cc(OCCCl)cc2oc(Br)c(C(C)(C)C)c12. The average Bonchev–Trinajstić information content (AvgIpc) is 2.71. The van der Waals surface area contributed by atoms with Crippen LogP contribution in [0.15, 0.2) is 21.2 Å². The van der Waals surface area contributed by atoms with Gasteiger partial charge in [0.15, 0.2) is 4.67 Å². The molecule has 0 aliphatic rings. The molecule has 6 heteroatoms. The van der Waals surface area contributed by atoms with E-state index in [2.05, 4.69) is 49.8 Å². The number of furan rings is 1. The summed E-state index contributed by atoms with van der Waals surface area (Å²) in [7, 11) is -0.905. The van der Waals surface area contributed by atoms with Gasteiger partial charge >= 0.3 is 0 Å². The van der Waals surface area contributed by atoms with E-state index in [-0.39, 0.29) is 5.41 Å². The quantitative estimate of drug-likeness (QED) is 0.470. The summed E-state index contributed by atoms with van der Waals surface area (Å²) < 4.78 is 18.4. The molecule has 0 bridgehead atoms. The zero-order valence-electron chi connectivity index (χ0n) is 13.5. The first-order valence-corrected chi connectivity index (χ1v) is 10.9. The summed E-state index contributed by atoms with van der Waals surface area (Å²) in [4.78, 5) is 0. The number of hydrogen-bond donors (Lipinski definition) is 0. The number of halogens is 2. The van der Waals surface area contributed by atoms with Crippen molar-refractivity contribution in [1.29, 1.82) is 0 Å². The molecule has 1 aromatic heterocycles. The fourth-order valence-electron chi connectivity index (χ4n) is 2.35. The molecule has 0 amide bonds. The molecule has 1 aromatic carbocycles. The summed E-state index contributed by atoms with van der Waals surface area (Å²) >= 11 is 9.25. The maximum Gasteiger partial charge on any atom is 0.274 e. The van der Waals surface area contributed by atoms with Crippen molar-refractivity contribution in [2.24, 2.45) is 0 Å². The van der Waals surface area contributed by atoms with Gasteiger partial charge in [-0.05, 0) is 34.4 Å². The summed E-state index contributed by atoms with van der Waals surface area (Å²) in [6.45, 7) is 11.1. The molecule has 0 saturated carbocycles. The highest BCUT2D eigenvalue weighted by Crippen LogP contribution is 2.44. The molecule has 121 valence electrons. The summed E-state index contributed by atoms with van der Waals surface area (Å²) in [5.41, 5.74) is 1.82. The minimum absolute atomic E-state index is 0.0604. The molecular weight excluding hydrogens is 384 g/mol. The van der Waals surface area contributed by atoms with Gasteiger partial charge in [0.1, 0.15) is 23.7 Å². The number of alkyl halides is 1. The topological polar surface area (TPSA) is 31.6 Å². The second kappa shape index (κ2) is 6.85. The van der Waals surface area contributed by atoms with Crippen LogP contribution in [0.4, 0.5) is 0 Å². The van der Waals surface area contributed by atoms with Crippen molar-refractivity contribution in [2.45, 2.75) is 39.3 Å². The maximum atomic E-state index is 6.11. The Bertz CT molecular complexity index is 661. The Balaban J connectivity index is 2.66. The van der Waals surface area contributed by atoms with Crippen molar-refractivity contribution in [2.75, 3.05) is 12.5 Å². The highest BCUT2D eigenvalue weighted by molar-refractivity contribution is 9.10. The third kappa shape index (κ3) is 3.81. The molecule has 0 unspecified atom stereocenters. The van der Waals surface area contributed by atoms with Crippen LogP contribution in [0.5, 0.6) is 11.5 Å². The zero-order valence-corrected chi connectivity index (χ0v) is 16.9. The van der Waals surface area contributed by atoms with Crippen molar-refractivity contribution < 1.29 is 13.6 Å². The molecule has 0 aliphatic carbocycles. The van der Waals surface area contributed by atoms with Crippen molar-refractivity contribution >= 4 is 47.5 Å². The highest BCUT2D eigenvalue weighted by atomic mass is 79.9. The van der Waals surface area contributed by atoms with Gasteiger partial charge < -0.3 is 13.6 Å². The number of ether oxygens (including phenoxy) is 1. The van der Waals surface area contributed by atoms with Gasteiger partial charge in [-0.25, -0.2) is 0 Å². The molecule has 1 heterocycles. The first kappa shape index (κ1) is 17.7. The Morgan fingerprint density at radius 1 is 1.27 bits per heavy atom. The van der Waals surface area contributed by atoms with E-state index < -0.39 is 9.04 Å². The van der Waals surface area contributed by atoms with Gasteiger partial charge in [-0.3, -0.25) is 0 Å². The molecule has 0 saturated heterocycles. The van der Waals surface area contributed by atoms with Crippen molar-refractivity contribution in [1.82, 2.24) is 0 Å². The van der Waals surface area contributed by atoms with E-state index in [1.54, 1.807) is 0 Å². The lowest BCUT2D eigenvalue weighted by Gasteiger charge is -2.20. The summed E-state index contributed by atoms with van der Waals surface area (Å²) in [5.74, 6) is 1.98. The third-order valence-electron chi connectivity index (χ3n) is 3.10. The smallest absolute Gasteiger partial charge is 0.274 e. The maximum absolute atomic E-state index is 6.11. The number of benzene rings is 1. The van der Waals surface area contributed by atoms with Gasteiger partial charge in [-0.2, -0.15) is 0 Å². The molecule has 0 aliphatic heterocycles. The van der Waals surface area contributed by atoms with Gasteiger partial charge in [0.2, 0.25) is 0 Å². The molecule has 0 N–H and O–H groups in total. The summed E-state index contributed by atoms with van der Waals surface area (Å²) in [6, 6.07) is 3.83. The van der Waals surface area contributed by atoms with E-state index in [9.17, 15) is 0 Å².